The largest absolute Gasteiger partial charge is 0.468 e. The third-order valence-corrected chi connectivity index (χ3v) is 1.94. The lowest BCUT2D eigenvalue weighted by atomic mass is 10.4. The zero-order chi connectivity index (χ0) is 14.1. The number of rotatable bonds is 6. The minimum absolute atomic E-state index is 0.302. The number of hydrogen-bond acceptors (Lipinski definition) is 6. The molecule has 0 aromatic carbocycles. The summed E-state index contributed by atoms with van der Waals surface area (Å²) in [6.45, 7) is 0.176. The number of nitrogens with one attached hydrogen (secondary N) is 1. The molecule has 0 unspecified atom stereocenters. The molecular formula is C10H16N2O6. The van der Waals surface area contributed by atoms with Gasteiger partial charge in [-0.2, -0.15) is 0 Å². The number of ether oxygens (including phenoxy) is 2. The van der Waals surface area contributed by atoms with Crippen LogP contribution in [0.5, 0.6) is 0 Å². The van der Waals surface area contributed by atoms with Gasteiger partial charge >= 0.3 is 11.9 Å². The Kier molecular flexibility index (Phi) is 7.10. The third-order valence-electron chi connectivity index (χ3n) is 1.94. The monoisotopic (exact) mass is 260 g/mol. The fraction of sp³-hybridized carbons (Fsp3) is 0.600. The molecule has 0 spiro atoms. The van der Waals surface area contributed by atoms with Gasteiger partial charge in [-0.25, -0.2) is 0 Å². The molecule has 18 heavy (non-hydrogen) atoms. The van der Waals surface area contributed by atoms with Crippen LogP contribution in [0.25, 0.3) is 0 Å². The van der Waals surface area contributed by atoms with Crippen LogP contribution in [0.15, 0.2) is 0 Å². The van der Waals surface area contributed by atoms with Gasteiger partial charge < -0.3 is 19.7 Å². The first-order chi connectivity index (χ1) is 8.40. The second kappa shape index (κ2) is 8.04. The van der Waals surface area contributed by atoms with Gasteiger partial charge in [0.2, 0.25) is 11.8 Å². The van der Waals surface area contributed by atoms with Gasteiger partial charge in [-0.1, -0.05) is 0 Å². The van der Waals surface area contributed by atoms with E-state index in [0.29, 0.717) is 0 Å². The van der Waals surface area contributed by atoms with Crippen molar-refractivity contribution in [2.75, 3.05) is 33.9 Å². The van der Waals surface area contributed by atoms with Crippen molar-refractivity contribution in [3.63, 3.8) is 0 Å². The van der Waals surface area contributed by atoms with Crippen LogP contribution in [0.3, 0.4) is 0 Å². The highest BCUT2D eigenvalue weighted by Gasteiger charge is 2.20. The van der Waals surface area contributed by atoms with E-state index < -0.39 is 17.8 Å². The molecule has 1 N–H and O–H groups in total. The number of carbonyl (C=O) groups is 4. The topological polar surface area (TPSA) is 102 Å². The number of nitrogens with zero attached hydrogens (tertiary/aromatic N) is 1. The van der Waals surface area contributed by atoms with Gasteiger partial charge in [0.25, 0.3) is 0 Å². The van der Waals surface area contributed by atoms with Crippen LogP contribution in [-0.2, 0) is 28.7 Å². The van der Waals surface area contributed by atoms with Crippen molar-refractivity contribution in [2.24, 2.45) is 0 Å². The Hall–Kier alpha value is -2.12. The lowest BCUT2D eigenvalue weighted by molar-refractivity contribution is -0.151. The molecule has 2 amide bonds. The molecule has 0 fully saturated rings. The highest BCUT2D eigenvalue weighted by Crippen LogP contribution is 1.93. The molecule has 0 aliphatic rings. The molecule has 0 atom stereocenters. The molecule has 0 rings (SSSR count). The Morgan fingerprint density at radius 3 is 1.78 bits per heavy atom. The van der Waals surface area contributed by atoms with Crippen LogP contribution in [-0.4, -0.2) is 62.5 Å². The van der Waals surface area contributed by atoms with E-state index in [1.165, 1.54) is 6.92 Å². The molecule has 8 nitrogen and oxygen atoms in total. The molecule has 8 heteroatoms. The molecule has 0 radical (unpaired) electrons. The molecule has 0 aliphatic carbocycles. The molecule has 0 aliphatic heterocycles. The van der Waals surface area contributed by atoms with Crippen molar-refractivity contribution >= 4 is 23.8 Å². The molecule has 0 saturated heterocycles. The minimum Gasteiger partial charge on any atom is -0.468 e. The fourth-order valence-electron chi connectivity index (χ4n) is 0.985. The van der Waals surface area contributed by atoms with Gasteiger partial charge in [0.05, 0.1) is 20.8 Å². The van der Waals surface area contributed by atoms with E-state index in [1.807, 2.05) is 0 Å². The summed E-state index contributed by atoms with van der Waals surface area (Å²) in [7, 11) is 2.33. The summed E-state index contributed by atoms with van der Waals surface area (Å²) < 4.78 is 8.80. The summed E-state index contributed by atoms with van der Waals surface area (Å²) in [6, 6.07) is 0. The van der Waals surface area contributed by atoms with Crippen LogP contribution in [0.1, 0.15) is 6.92 Å². The van der Waals surface area contributed by atoms with Crippen molar-refractivity contribution < 1.29 is 28.7 Å². The first kappa shape index (κ1) is 15.9. The maximum atomic E-state index is 11.6. The van der Waals surface area contributed by atoms with E-state index in [9.17, 15) is 19.2 Å². The van der Waals surface area contributed by atoms with E-state index in [-0.39, 0.29) is 25.5 Å². The zero-order valence-corrected chi connectivity index (χ0v) is 10.5. The number of amides is 2. The van der Waals surface area contributed by atoms with Crippen LogP contribution in [0.4, 0.5) is 0 Å². The normalized spacial score (nSPS) is 9.28. The smallest absolute Gasteiger partial charge is 0.325 e. The van der Waals surface area contributed by atoms with E-state index in [4.69, 9.17) is 0 Å². The van der Waals surface area contributed by atoms with E-state index in [1.54, 1.807) is 0 Å². The van der Waals surface area contributed by atoms with Gasteiger partial charge in [-0.15, -0.1) is 0 Å². The van der Waals surface area contributed by atoms with Crippen LogP contribution in [0.2, 0.25) is 0 Å². The SMILES string of the molecule is COC(=O)CN(CC(=O)OC)C(=O)CNC(C)=O. The van der Waals surface area contributed by atoms with Crippen LogP contribution in [0, 0.1) is 0 Å². The van der Waals surface area contributed by atoms with Crippen molar-refractivity contribution in [1.82, 2.24) is 10.2 Å². The Morgan fingerprint density at radius 1 is 1.00 bits per heavy atom. The van der Waals surface area contributed by atoms with Gasteiger partial charge in [0, 0.05) is 6.92 Å². The average molecular weight is 260 g/mol. The third kappa shape index (κ3) is 6.46. The molecule has 102 valence electrons. The van der Waals surface area contributed by atoms with Crippen molar-refractivity contribution in [1.29, 1.82) is 0 Å². The van der Waals surface area contributed by atoms with Gasteiger partial charge in [-0.05, 0) is 0 Å². The first-order valence-corrected chi connectivity index (χ1v) is 5.06. The fourth-order valence-corrected chi connectivity index (χ4v) is 0.985. The van der Waals surface area contributed by atoms with Crippen LogP contribution >= 0.6 is 0 Å². The quantitative estimate of drug-likeness (QED) is 0.571. The predicted octanol–water partition coefficient (Wildman–Crippen LogP) is -1.70. The predicted molar refractivity (Wildman–Crippen MR) is 59.3 cm³/mol. The van der Waals surface area contributed by atoms with E-state index in [2.05, 4.69) is 14.8 Å². The number of carbonyl (C=O) groups excluding carboxylic acids is 4. The summed E-state index contributed by atoms with van der Waals surface area (Å²) in [5.41, 5.74) is 0. The summed E-state index contributed by atoms with van der Waals surface area (Å²) in [4.78, 5) is 45.4. The second-order valence-electron chi connectivity index (χ2n) is 3.31. The van der Waals surface area contributed by atoms with Gasteiger partial charge in [0.15, 0.2) is 0 Å². The highest BCUT2D eigenvalue weighted by atomic mass is 16.5. The molecular weight excluding hydrogens is 244 g/mol. The maximum absolute atomic E-state index is 11.6. The standard InChI is InChI=1S/C10H16N2O6/c1-7(13)11-4-8(14)12(5-9(15)17-2)6-10(16)18-3/h4-6H2,1-3H3,(H,11,13). The molecule has 0 bridgehead atoms. The van der Waals surface area contributed by atoms with Crippen molar-refractivity contribution in [3.8, 4) is 0 Å². The average Bonchev–Trinajstić information content (AvgIpc) is 2.34. The summed E-state index contributed by atoms with van der Waals surface area (Å²) in [5.74, 6) is -2.31. The van der Waals surface area contributed by atoms with Gasteiger partial charge in [-0.3, -0.25) is 19.2 Å². The van der Waals surface area contributed by atoms with Crippen molar-refractivity contribution in [2.45, 2.75) is 6.92 Å². The lowest BCUT2D eigenvalue weighted by Crippen LogP contribution is -2.45. The van der Waals surface area contributed by atoms with Crippen LogP contribution < -0.4 is 5.32 Å². The summed E-state index contributed by atoms with van der Waals surface area (Å²) >= 11 is 0. The number of methoxy groups -OCH3 is 2. The minimum atomic E-state index is -0.671. The maximum Gasteiger partial charge on any atom is 0.325 e. The lowest BCUT2D eigenvalue weighted by Gasteiger charge is -2.20. The summed E-state index contributed by atoms with van der Waals surface area (Å²) in [6.07, 6.45) is 0. The Bertz CT molecular complexity index is 323. The first-order valence-electron chi connectivity index (χ1n) is 5.06. The Balaban J connectivity index is 4.52. The highest BCUT2D eigenvalue weighted by molar-refractivity contribution is 5.89. The molecule has 0 aromatic heterocycles. The molecule has 0 aromatic rings. The zero-order valence-electron chi connectivity index (χ0n) is 10.5. The number of esters is 2. The van der Waals surface area contributed by atoms with E-state index >= 15 is 0 Å². The molecule has 0 saturated carbocycles. The molecule has 0 heterocycles. The number of hydrogen-bond donors (Lipinski definition) is 1. The summed E-state index contributed by atoms with van der Waals surface area (Å²) in [5, 5.41) is 2.27. The second-order valence-corrected chi connectivity index (χ2v) is 3.31. The Morgan fingerprint density at radius 2 is 1.44 bits per heavy atom. The van der Waals surface area contributed by atoms with Gasteiger partial charge in [0.1, 0.15) is 13.1 Å². The van der Waals surface area contributed by atoms with Crippen molar-refractivity contribution in [3.05, 3.63) is 0 Å². The Labute approximate surface area is 104 Å². The van der Waals surface area contributed by atoms with E-state index in [0.717, 1.165) is 19.1 Å².